The summed E-state index contributed by atoms with van der Waals surface area (Å²) in [5.41, 5.74) is 4.41. The molecule has 7 N–H and O–H groups in total. The number of amides is 1. The van der Waals surface area contributed by atoms with Gasteiger partial charge in [-0.3, -0.25) is 9.59 Å². The minimum atomic E-state index is -2.56. The average Bonchev–Trinajstić information content (AvgIpc) is 4.04. The highest BCUT2D eigenvalue weighted by Gasteiger charge is 2.57. The minimum Gasteiger partial charge on any atom is -0.506 e. The molecule has 4 aliphatic heterocycles. The molecule has 2 fully saturated rings. The molecule has 0 unspecified atom stereocenters. The van der Waals surface area contributed by atoms with E-state index in [-0.39, 0.29) is 59.5 Å². The molecule has 6 aliphatic rings. The van der Waals surface area contributed by atoms with E-state index < -0.39 is 48.7 Å². The molecule has 0 aromatic heterocycles. The molecule has 0 spiro atoms. The number of aliphatic hydroxyl groups is 4. The number of hydrogen-bond acceptors (Lipinski definition) is 14. The Bertz CT molecular complexity index is 2630. The maximum atomic E-state index is 15.1. The van der Waals surface area contributed by atoms with Crippen LogP contribution in [0.4, 0.5) is 5.69 Å². The summed E-state index contributed by atoms with van der Waals surface area (Å²) in [7, 11) is 5.21. The third-order valence-corrected chi connectivity index (χ3v) is 14.5. The topological polar surface area (TPSA) is 212 Å². The third-order valence-electron chi connectivity index (χ3n) is 14.5. The number of carbonyl (C=O) groups excluding carboxylic acids is 2. The second-order valence-corrected chi connectivity index (χ2v) is 18.2. The fraction of sp³-hybridized carbons (Fsp3) is 0.440. The van der Waals surface area contributed by atoms with E-state index in [0.717, 1.165) is 64.8 Å². The molecule has 2 bridgehead atoms. The first-order valence-electron chi connectivity index (χ1n) is 22.5. The number of ether oxygens (including phenoxy) is 4. The SMILES string of the molecule is CNCc1ccc2c(c1)[C+]([C@H]1/C=C/c3c(OC)cc4c5c(c(C(=O)CN6Cc7c(CNC)cccc7C6=O)c(O)c4c3O[C@H]3O[C@H](CO1)[C@@H](O)[C@H](O)[C@]3(O)CO)[C@H]1CCC[C@H]1CC5)C=N2. The van der Waals surface area contributed by atoms with Crippen molar-refractivity contribution in [3.63, 3.8) is 0 Å². The number of methoxy groups -OCH3 is 1. The van der Waals surface area contributed by atoms with Gasteiger partial charge in [0, 0.05) is 36.8 Å². The van der Waals surface area contributed by atoms with Crippen LogP contribution in [0, 0.1) is 11.8 Å². The standard InChI is InChI=1S/C50H54N4O11/c1-51-18-25-10-14-36-32(16-25)34(20-53-36)38-15-13-31-39(62-3)17-33-29-12-11-26-6-4-8-28(26)41(29)43(37(56)22-54-21-35-27(19-52-2)7-5-9-30(35)48(54)60)45(58)42(33)46(31)65-49-50(61,24-55)47(59)44(57)40(64-49)23-63-38/h5,7,9-10,13-17,20,26,28,38,40,44,47,49,51-52,55,57,59,61H,4,6,8,11-12,18-19,21-24H2,1-3H3/p+1/b15-13+/t26-,28-,38+,40+,44+,47-,49+,50+/m0/s1. The molecule has 4 heterocycles. The number of aryl methyl sites for hydroxylation is 1. The molecular formula is C50H55N4O11+. The largest absolute Gasteiger partial charge is 0.506 e. The number of hydrogen-bond donors (Lipinski definition) is 7. The van der Waals surface area contributed by atoms with Crippen molar-refractivity contribution in [3.8, 4) is 17.2 Å². The van der Waals surface area contributed by atoms with Crippen LogP contribution in [-0.4, -0.2) is 126 Å². The van der Waals surface area contributed by atoms with Crippen molar-refractivity contribution in [2.45, 2.75) is 94.0 Å². The van der Waals surface area contributed by atoms with Crippen molar-refractivity contribution in [1.29, 1.82) is 0 Å². The minimum absolute atomic E-state index is 0.0104. The number of rotatable bonds is 10. The Morgan fingerprint density at radius 3 is 2.69 bits per heavy atom. The molecular weight excluding hydrogens is 833 g/mol. The molecule has 15 heteroatoms. The maximum absolute atomic E-state index is 15.1. The van der Waals surface area contributed by atoms with Crippen LogP contribution in [0.3, 0.4) is 0 Å². The predicted octanol–water partition coefficient (Wildman–Crippen LogP) is 3.96. The van der Waals surface area contributed by atoms with Crippen LogP contribution >= 0.6 is 0 Å². The summed E-state index contributed by atoms with van der Waals surface area (Å²) in [5.74, 6) is 0.222. The zero-order chi connectivity index (χ0) is 45.3. The number of nitrogens with zero attached hydrogens (tertiary/aromatic N) is 2. The van der Waals surface area contributed by atoms with E-state index >= 15 is 4.79 Å². The average molecular weight is 888 g/mol. The molecule has 340 valence electrons. The maximum Gasteiger partial charge on any atom is 0.254 e. The molecule has 8 atom stereocenters. The lowest BCUT2D eigenvalue weighted by molar-refractivity contribution is -0.329. The normalized spacial score (nSPS) is 28.2. The van der Waals surface area contributed by atoms with E-state index in [0.29, 0.717) is 48.0 Å². The van der Waals surface area contributed by atoms with Gasteiger partial charge in [0.1, 0.15) is 53.8 Å². The summed E-state index contributed by atoms with van der Waals surface area (Å²) in [6.45, 7) is -0.224. The number of aromatic hydroxyl groups is 1. The molecule has 4 aromatic rings. The van der Waals surface area contributed by atoms with Crippen molar-refractivity contribution < 1.29 is 54.1 Å². The predicted molar refractivity (Wildman–Crippen MR) is 241 cm³/mol. The van der Waals surface area contributed by atoms with Crippen molar-refractivity contribution >= 4 is 40.4 Å². The fourth-order valence-corrected chi connectivity index (χ4v) is 11.2. The van der Waals surface area contributed by atoms with Crippen LogP contribution < -0.4 is 20.1 Å². The summed E-state index contributed by atoms with van der Waals surface area (Å²) in [5, 5.41) is 65.5. The summed E-state index contributed by atoms with van der Waals surface area (Å²) >= 11 is 0. The molecule has 1 saturated heterocycles. The first kappa shape index (κ1) is 43.5. The van der Waals surface area contributed by atoms with Crippen molar-refractivity contribution in [1.82, 2.24) is 15.5 Å². The number of benzene rings is 4. The molecule has 2 aliphatic carbocycles. The van der Waals surface area contributed by atoms with Gasteiger partial charge in [-0.05, 0) is 110 Å². The number of aliphatic hydroxyl groups excluding tert-OH is 3. The first-order valence-corrected chi connectivity index (χ1v) is 22.5. The van der Waals surface area contributed by atoms with Crippen molar-refractivity contribution in [2.24, 2.45) is 10.9 Å². The highest BCUT2D eigenvalue weighted by atomic mass is 16.7. The molecule has 1 saturated carbocycles. The van der Waals surface area contributed by atoms with E-state index in [4.69, 9.17) is 18.9 Å². The van der Waals surface area contributed by atoms with Gasteiger partial charge in [0.15, 0.2) is 22.6 Å². The lowest BCUT2D eigenvalue weighted by Crippen LogP contribution is -2.69. The van der Waals surface area contributed by atoms with Crippen molar-refractivity contribution in [3.05, 3.63) is 105 Å². The van der Waals surface area contributed by atoms with Gasteiger partial charge in [-0.15, -0.1) is 0 Å². The van der Waals surface area contributed by atoms with Gasteiger partial charge < -0.3 is 60.0 Å². The Morgan fingerprint density at radius 2 is 1.91 bits per heavy atom. The Kier molecular flexibility index (Phi) is 11.5. The second-order valence-electron chi connectivity index (χ2n) is 18.2. The summed E-state index contributed by atoms with van der Waals surface area (Å²) in [6, 6.07) is 13.4. The molecule has 1 amide bonds. The number of carbonyl (C=O) groups is 2. The zero-order valence-corrected chi connectivity index (χ0v) is 36.7. The Balaban J connectivity index is 1.16. The number of fused-ring (bicyclic) bond motifs is 11. The van der Waals surface area contributed by atoms with Crippen LogP contribution in [0.15, 0.2) is 53.5 Å². The zero-order valence-electron chi connectivity index (χ0n) is 36.7. The molecule has 0 radical (unpaired) electrons. The van der Waals surface area contributed by atoms with Gasteiger partial charge in [0.25, 0.3) is 5.91 Å². The molecule has 65 heavy (non-hydrogen) atoms. The Hall–Kier alpha value is -5.36. The highest BCUT2D eigenvalue weighted by molar-refractivity contribution is 6.13. The lowest BCUT2D eigenvalue weighted by Gasteiger charge is -2.47. The smallest absolute Gasteiger partial charge is 0.254 e. The number of aliphatic imine (C=N–C) groups is 1. The number of nitrogens with one attached hydrogen (secondary N) is 2. The van der Waals surface area contributed by atoms with E-state index in [9.17, 15) is 30.3 Å². The molecule has 15 nitrogen and oxygen atoms in total. The quantitative estimate of drug-likeness (QED) is 0.0890. The molecule has 4 aromatic carbocycles. The van der Waals surface area contributed by atoms with Crippen molar-refractivity contribution in [2.75, 3.05) is 41.0 Å². The number of phenolic OH excluding ortho intramolecular Hbond substituents is 1. The Labute approximate surface area is 376 Å². The number of phenols is 1. The van der Waals surface area contributed by atoms with Gasteiger partial charge >= 0.3 is 0 Å². The Morgan fingerprint density at radius 1 is 1.08 bits per heavy atom. The monoisotopic (exact) mass is 887 g/mol. The lowest BCUT2D eigenvalue weighted by atomic mass is 9.72. The summed E-state index contributed by atoms with van der Waals surface area (Å²) in [4.78, 5) is 35.2. The number of ketones is 1. The molecule has 10 rings (SSSR count). The van der Waals surface area contributed by atoms with Crippen LogP contribution in [0.25, 0.3) is 16.8 Å². The first-order chi connectivity index (χ1) is 31.5. The van der Waals surface area contributed by atoms with Crippen LogP contribution in [0.2, 0.25) is 0 Å². The van der Waals surface area contributed by atoms with Crippen LogP contribution in [-0.2, 0) is 35.5 Å². The summed E-state index contributed by atoms with van der Waals surface area (Å²) < 4.78 is 25.6. The van der Waals surface area contributed by atoms with E-state index in [1.165, 1.54) is 12.0 Å². The van der Waals surface area contributed by atoms with Crippen LogP contribution in [0.5, 0.6) is 17.2 Å². The van der Waals surface area contributed by atoms with Gasteiger partial charge in [0.2, 0.25) is 6.29 Å². The van der Waals surface area contributed by atoms with E-state index in [1.807, 2.05) is 50.5 Å². The van der Waals surface area contributed by atoms with Gasteiger partial charge in [0.05, 0.1) is 49.4 Å². The third kappa shape index (κ3) is 7.11. The fourth-order valence-electron chi connectivity index (χ4n) is 11.2. The van der Waals surface area contributed by atoms with Crippen LogP contribution in [0.1, 0.15) is 91.3 Å². The van der Waals surface area contributed by atoms with E-state index in [2.05, 4.69) is 15.6 Å². The van der Waals surface area contributed by atoms with E-state index in [1.54, 1.807) is 24.4 Å². The van der Waals surface area contributed by atoms with Gasteiger partial charge in [-0.1, -0.05) is 18.6 Å². The highest BCUT2D eigenvalue weighted by Crippen LogP contribution is 2.55. The number of Topliss-reactive ketones (excluding diaryl/α,β-unsaturated/α-hetero) is 1. The second kappa shape index (κ2) is 17.1. The summed E-state index contributed by atoms with van der Waals surface area (Å²) in [6.07, 6.45) is 1.86. The van der Waals surface area contributed by atoms with Gasteiger partial charge in [-0.25, -0.2) is 0 Å². The van der Waals surface area contributed by atoms with Gasteiger partial charge in [-0.2, -0.15) is 4.99 Å².